The first-order valence-corrected chi connectivity index (χ1v) is 7.65. The molecule has 22 heavy (non-hydrogen) atoms. The zero-order chi connectivity index (χ0) is 15.5. The third kappa shape index (κ3) is 3.79. The van der Waals surface area contributed by atoms with Crippen LogP contribution in [-0.4, -0.2) is 60.9 Å². The predicted molar refractivity (Wildman–Crippen MR) is 81.1 cm³/mol. The molecule has 3 aliphatic heterocycles. The number of rotatable bonds is 6. The molecule has 7 nitrogen and oxygen atoms in total. The smallest absolute Gasteiger partial charge is 0.233 e. The molecule has 122 valence electrons. The molecule has 3 aliphatic rings. The normalized spacial score (nSPS) is 21.3. The lowest BCUT2D eigenvalue weighted by molar-refractivity contribution is -0.488. The van der Waals surface area contributed by atoms with E-state index in [0.717, 1.165) is 61.6 Å². The van der Waals surface area contributed by atoms with Crippen LogP contribution in [0.15, 0.2) is 35.9 Å². The highest BCUT2D eigenvalue weighted by Crippen LogP contribution is 2.23. The minimum atomic E-state index is 0.835. The first kappa shape index (κ1) is 14.9. The summed E-state index contributed by atoms with van der Waals surface area (Å²) in [6, 6.07) is 0. The van der Waals surface area contributed by atoms with Crippen LogP contribution in [0.5, 0.6) is 0 Å². The second-order valence-electron chi connectivity index (χ2n) is 5.98. The van der Waals surface area contributed by atoms with Crippen LogP contribution in [0.25, 0.3) is 0 Å². The summed E-state index contributed by atoms with van der Waals surface area (Å²) in [5.74, 6) is 2.50. The molecule has 0 aromatic rings. The van der Waals surface area contributed by atoms with Gasteiger partial charge in [0.25, 0.3) is 0 Å². The van der Waals surface area contributed by atoms with Gasteiger partial charge in [0.2, 0.25) is 5.39 Å². The first-order chi connectivity index (χ1) is 10.6. The SMILES string of the molecule is CN1C=C(ON(OC2=CN(C)CC2)OC2=CN(C)CC2)CC1. The molecule has 0 radical (unpaired) electrons. The Kier molecular flexibility index (Phi) is 4.33. The van der Waals surface area contributed by atoms with Crippen LogP contribution in [0.1, 0.15) is 19.3 Å². The lowest BCUT2D eigenvalue weighted by Crippen LogP contribution is -2.24. The topological polar surface area (TPSA) is 40.6 Å². The summed E-state index contributed by atoms with van der Waals surface area (Å²) in [4.78, 5) is 23.5. The monoisotopic (exact) mass is 308 g/mol. The van der Waals surface area contributed by atoms with Crippen molar-refractivity contribution in [3.63, 3.8) is 0 Å². The highest BCUT2D eigenvalue weighted by molar-refractivity contribution is 5.01. The molecule has 0 unspecified atom stereocenters. The highest BCUT2D eigenvalue weighted by Gasteiger charge is 2.23. The summed E-state index contributed by atoms with van der Waals surface area (Å²) in [5.41, 5.74) is 0. The molecule has 0 aromatic carbocycles. The molecular weight excluding hydrogens is 284 g/mol. The molecule has 0 bridgehead atoms. The second kappa shape index (κ2) is 6.39. The number of nitrogens with zero attached hydrogens (tertiary/aromatic N) is 4. The largest absolute Gasteiger partial charge is 0.377 e. The van der Waals surface area contributed by atoms with Crippen LogP contribution < -0.4 is 0 Å². The fourth-order valence-corrected chi connectivity index (χ4v) is 2.54. The molecule has 0 saturated carbocycles. The Morgan fingerprint density at radius 2 is 1.00 bits per heavy atom. The van der Waals surface area contributed by atoms with Gasteiger partial charge in [0, 0.05) is 78.6 Å². The molecule has 0 spiro atoms. The highest BCUT2D eigenvalue weighted by atomic mass is 17.2. The van der Waals surface area contributed by atoms with E-state index in [-0.39, 0.29) is 0 Å². The van der Waals surface area contributed by atoms with Crippen LogP contribution >= 0.6 is 0 Å². The van der Waals surface area contributed by atoms with Gasteiger partial charge < -0.3 is 29.2 Å². The summed E-state index contributed by atoms with van der Waals surface area (Å²) in [7, 11) is 6.06. The van der Waals surface area contributed by atoms with Crippen molar-refractivity contribution in [2.45, 2.75) is 19.3 Å². The summed E-state index contributed by atoms with van der Waals surface area (Å²) in [6.07, 6.45) is 8.42. The van der Waals surface area contributed by atoms with Gasteiger partial charge in [0.1, 0.15) is 17.3 Å². The maximum atomic E-state index is 5.77. The van der Waals surface area contributed by atoms with Crippen molar-refractivity contribution >= 4 is 0 Å². The first-order valence-electron chi connectivity index (χ1n) is 7.65. The molecule has 0 aliphatic carbocycles. The third-order valence-corrected chi connectivity index (χ3v) is 3.80. The Morgan fingerprint density at radius 3 is 1.23 bits per heavy atom. The maximum absolute atomic E-state index is 5.77. The Hall–Kier alpha value is -2.02. The van der Waals surface area contributed by atoms with Crippen molar-refractivity contribution in [1.29, 1.82) is 0 Å². The maximum Gasteiger partial charge on any atom is 0.233 e. The molecule has 0 saturated heterocycles. The van der Waals surface area contributed by atoms with Gasteiger partial charge in [-0.15, -0.1) is 0 Å². The average Bonchev–Trinajstić information content (AvgIpc) is 3.14. The summed E-state index contributed by atoms with van der Waals surface area (Å²) >= 11 is 0. The molecule has 0 N–H and O–H groups in total. The minimum Gasteiger partial charge on any atom is -0.377 e. The third-order valence-electron chi connectivity index (χ3n) is 3.80. The molecule has 0 atom stereocenters. The van der Waals surface area contributed by atoms with Crippen molar-refractivity contribution in [2.75, 3.05) is 40.8 Å². The van der Waals surface area contributed by atoms with Crippen molar-refractivity contribution in [3.8, 4) is 0 Å². The molecular formula is C15H24N4O3. The Labute approximate surface area is 131 Å². The molecule has 3 heterocycles. The van der Waals surface area contributed by atoms with E-state index in [1.165, 1.54) is 0 Å². The van der Waals surface area contributed by atoms with Crippen LogP contribution in [0.2, 0.25) is 0 Å². The van der Waals surface area contributed by atoms with Gasteiger partial charge in [-0.1, -0.05) is 0 Å². The van der Waals surface area contributed by atoms with Crippen molar-refractivity contribution in [2.24, 2.45) is 0 Å². The average molecular weight is 308 g/mol. The van der Waals surface area contributed by atoms with E-state index in [1.807, 2.05) is 39.7 Å². The number of hydrogen-bond acceptors (Lipinski definition) is 7. The number of hydrogen-bond donors (Lipinski definition) is 0. The minimum absolute atomic E-state index is 0.835. The lowest BCUT2D eigenvalue weighted by atomic mass is 10.4. The zero-order valence-electron chi connectivity index (χ0n) is 13.5. The van der Waals surface area contributed by atoms with Gasteiger partial charge in [-0.2, -0.15) is 0 Å². The van der Waals surface area contributed by atoms with E-state index in [0.29, 0.717) is 0 Å². The molecule has 3 rings (SSSR count). The lowest BCUT2D eigenvalue weighted by Gasteiger charge is -2.21. The quantitative estimate of drug-likeness (QED) is 0.691. The molecule has 0 fully saturated rings. The van der Waals surface area contributed by atoms with E-state index in [2.05, 4.69) is 14.7 Å². The van der Waals surface area contributed by atoms with Crippen LogP contribution in [-0.2, 0) is 14.5 Å². The Morgan fingerprint density at radius 1 is 0.682 bits per heavy atom. The van der Waals surface area contributed by atoms with Gasteiger partial charge in [0.15, 0.2) is 0 Å². The van der Waals surface area contributed by atoms with Crippen LogP contribution in [0.3, 0.4) is 0 Å². The summed E-state index contributed by atoms with van der Waals surface area (Å²) in [6.45, 7) is 2.83. The predicted octanol–water partition coefficient (Wildman–Crippen LogP) is 1.61. The fourth-order valence-electron chi connectivity index (χ4n) is 2.54. The fraction of sp³-hybridized carbons (Fsp3) is 0.600. The van der Waals surface area contributed by atoms with Gasteiger partial charge in [-0.25, -0.2) is 0 Å². The van der Waals surface area contributed by atoms with Gasteiger partial charge in [0.05, 0.1) is 0 Å². The van der Waals surface area contributed by atoms with E-state index in [4.69, 9.17) is 14.5 Å². The van der Waals surface area contributed by atoms with Crippen molar-refractivity contribution in [1.82, 2.24) is 20.1 Å². The molecule has 0 amide bonds. The molecule has 0 aromatic heterocycles. The van der Waals surface area contributed by atoms with E-state index < -0.39 is 0 Å². The molecule has 7 heteroatoms. The zero-order valence-corrected chi connectivity index (χ0v) is 13.5. The van der Waals surface area contributed by atoms with E-state index in [9.17, 15) is 0 Å². The summed E-state index contributed by atoms with van der Waals surface area (Å²) < 4.78 is 0. The van der Waals surface area contributed by atoms with Crippen molar-refractivity contribution in [3.05, 3.63) is 35.9 Å². The van der Waals surface area contributed by atoms with Gasteiger partial charge >= 0.3 is 0 Å². The van der Waals surface area contributed by atoms with Crippen LogP contribution in [0, 0.1) is 0 Å². The van der Waals surface area contributed by atoms with Gasteiger partial charge in [-0.05, 0) is 0 Å². The second-order valence-corrected chi connectivity index (χ2v) is 5.98. The van der Waals surface area contributed by atoms with E-state index in [1.54, 1.807) is 0 Å². The van der Waals surface area contributed by atoms with Crippen LogP contribution in [0.4, 0.5) is 0 Å². The van der Waals surface area contributed by atoms with Crippen molar-refractivity contribution < 1.29 is 14.5 Å². The standard InChI is InChI=1S/C15H24N4O3/c1-16-7-4-13(10-16)20-19(21-14-5-8-17(2)11-14)22-15-6-9-18(3)12-15/h10-12H,4-9H2,1-3H3. The Bertz CT molecular complexity index is 432. The van der Waals surface area contributed by atoms with E-state index >= 15 is 0 Å². The Balaban J connectivity index is 1.63. The summed E-state index contributed by atoms with van der Waals surface area (Å²) in [5, 5.41) is 1.14. The van der Waals surface area contributed by atoms with Gasteiger partial charge in [-0.3, -0.25) is 0 Å².